The quantitative estimate of drug-likeness (QED) is 0.0947. The fourth-order valence-corrected chi connectivity index (χ4v) is 4.99. The second kappa shape index (κ2) is 16.0. The lowest BCUT2D eigenvalue weighted by atomic mass is 9.91. The molecule has 0 spiro atoms. The van der Waals surface area contributed by atoms with E-state index in [9.17, 15) is 19.8 Å². The summed E-state index contributed by atoms with van der Waals surface area (Å²) in [4.78, 5) is 25.3. The number of hydrogen-bond donors (Lipinski definition) is 2. The number of esters is 2. The molecule has 0 unspecified atom stereocenters. The van der Waals surface area contributed by atoms with Gasteiger partial charge >= 0.3 is 11.9 Å². The van der Waals surface area contributed by atoms with Crippen molar-refractivity contribution in [3.8, 4) is 22.3 Å². The van der Waals surface area contributed by atoms with Crippen LogP contribution in [0, 0.1) is 0 Å². The SMILES string of the molecule is C=C(C(=O)OCC(COC(=O)C(=C)C(C)(C)O)c1ccc(-c2ccc(-c3ccc(CCCCC)cc3)cc2)c(CC)c1)C(C)(C)O. The highest BCUT2D eigenvalue weighted by Crippen LogP contribution is 2.31. The van der Waals surface area contributed by atoms with Crippen LogP contribution in [0.25, 0.3) is 22.3 Å². The molecule has 0 aliphatic rings. The molecule has 0 amide bonds. The summed E-state index contributed by atoms with van der Waals surface area (Å²) in [7, 11) is 0. The number of ether oxygens (including phenoxy) is 2. The number of benzene rings is 3. The number of aryl methyl sites for hydroxylation is 2. The van der Waals surface area contributed by atoms with Gasteiger partial charge in [-0.1, -0.05) is 107 Å². The van der Waals surface area contributed by atoms with Gasteiger partial charge in [-0.3, -0.25) is 0 Å². The number of carbonyl (C=O) groups excluding carboxylic acids is 2. The molecule has 246 valence electrons. The van der Waals surface area contributed by atoms with Gasteiger partial charge in [-0.15, -0.1) is 0 Å². The molecule has 0 radical (unpaired) electrons. The summed E-state index contributed by atoms with van der Waals surface area (Å²) in [6.07, 6.45) is 5.56. The van der Waals surface area contributed by atoms with Crippen molar-refractivity contribution >= 4 is 11.9 Å². The maximum atomic E-state index is 12.6. The number of aliphatic hydroxyl groups is 2. The van der Waals surface area contributed by atoms with Crippen LogP contribution in [-0.4, -0.2) is 46.6 Å². The minimum absolute atomic E-state index is 0.0744. The van der Waals surface area contributed by atoms with Crippen LogP contribution in [-0.2, 0) is 31.9 Å². The van der Waals surface area contributed by atoms with E-state index in [1.165, 1.54) is 58.1 Å². The van der Waals surface area contributed by atoms with Crippen LogP contribution in [0.1, 0.15) is 83.4 Å². The Morgan fingerprint density at radius 3 is 1.65 bits per heavy atom. The minimum atomic E-state index is -1.44. The lowest BCUT2D eigenvalue weighted by molar-refractivity contribution is -0.144. The molecule has 3 aromatic carbocycles. The zero-order valence-electron chi connectivity index (χ0n) is 28.3. The number of hydrogen-bond acceptors (Lipinski definition) is 6. The van der Waals surface area contributed by atoms with Crippen LogP contribution < -0.4 is 0 Å². The summed E-state index contributed by atoms with van der Waals surface area (Å²) in [5.74, 6) is -1.98. The largest absolute Gasteiger partial charge is 0.461 e. The first-order valence-corrected chi connectivity index (χ1v) is 16.2. The smallest absolute Gasteiger partial charge is 0.336 e. The van der Waals surface area contributed by atoms with E-state index >= 15 is 0 Å². The average molecular weight is 627 g/mol. The molecule has 6 heteroatoms. The molecule has 3 aromatic rings. The molecule has 0 aliphatic carbocycles. The molecule has 6 nitrogen and oxygen atoms in total. The Kier molecular flexibility index (Phi) is 12.7. The normalized spacial score (nSPS) is 11.8. The zero-order chi connectivity index (χ0) is 34.1. The first-order chi connectivity index (χ1) is 21.6. The molecular weight excluding hydrogens is 576 g/mol. The van der Waals surface area contributed by atoms with E-state index in [0.717, 1.165) is 40.7 Å². The Balaban J connectivity index is 1.83. The Labute approximate surface area is 274 Å². The molecule has 46 heavy (non-hydrogen) atoms. The van der Waals surface area contributed by atoms with Crippen LogP contribution in [0.5, 0.6) is 0 Å². The van der Waals surface area contributed by atoms with Crippen LogP contribution in [0.3, 0.4) is 0 Å². The average Bonchev–Trinajstić information content (AvgIpc) is 3.03. The van der Waals surface area contributed by atoms with E-state index in [2.05, 4.69) is 75.5 Å². The molecule has 3 rings (SSSR count). The molecular formula is C40H50O6. The van der Waals surface area contributed by atoms with Gasteiger partial charge in [-0.25, -0.2) is 9.59 Å². The third-order valence-corrected chi connectivity index (χ3v) is 8.33. The van der Waals surface area contributed by atoms with E-state index in [4.69, 9.17) is 9.47 Å². The summed E-state index contributed by atoms with van der Waals surface area (Å²) in [5, 5.41) is 20.4. The highest BCUT2D eigenvalue weighted by molar-refractivity contribution is 5.90. The first-order valence-electron chi connectivity index (χ1n) is 16.2. The second-order valence-electron chi connectivity index (χ2n) is 13.0. The van der Waals surface area contributed by atoms with Crippen molar-refractivity contribution < 1.29 is 29.3 Å². The third kappa shape index (κ3) is 10.0. The molecule has 2 N–H and O–H groups in total. The van der Waals surface area contributed by atoms with Gasteiger partial charge in [0.2, 0.25) is 0 Å². The summed E-state index contributed by atoms with van der Waals surface area (Å²) in [5.41, 5.74) is 4.76. The van der Waals surface area contributed by atoms with E-state index < -0.39 is 29.1 Å². The van der Waals surface area contributed by atoms with Crippen LogP contribution in [0.15, 0.2) is 91.0 Å². The lowest BCUT2D eigenvalue weighted by Crippen LogP contribution is -2.31. The summed E-state index contributed by atoms with van der Waals surface area (Å²) in [6, 6.07) is 23.4. The third-order valence-electron chi connectivity index (χ3n) is 8.33. The molecule has 0 aliphatic heterocycles. The Bertz CT molecular complexity index is 1460. The molecule has 0 bridgehead atoms. The van der Waals surface area contributed by atoms with Crippen molar-refractivity contribution in [3.63, 3.8) is 0 Å². The van der Waals surface area contributed by atoms with Crippen molar-refractivity contribution in [2.75, 3.05) is 13.2 Å². The highest BCUT2D eigenvalue weighted by Gasteiger charge is 2.28. The van der Waals surface area contributed by atoms with Crippen molar-refractivity contribution in [1.82, 2.24) is 0 Å². The van der Waals surface area contributed by atoms with Gasteiger partial charge in [-0.2, -0.15) is 0 Å². The maximum Gasteiger partial charge on any atom is 0.336 e. The summed E-state index contributed by atoms with van der Waals surface area (Å²) in [6.45, 7) is 17.3. The zero-order valence-corrected chi connectivity index (χ0v) is 28.3. The molecule has 0 atom stereocenters. The van der Waals surface area contributed by atoms with Gasteiger partial charge in [0, 0.05) is 0 Å². The molecule has 0 fully saturated rings. The van der Waals surface area contributed by atoms with Gasteiger partial charge in [0.05, 0.1) is 28.3 Å². The topological polar surface area (TPSA) is 93.1 Å². The predicted molar refractivity (Wildman–Crippen MR) is 185 cm³/mol. The first kappa shape index (κ1) is 36.5. The van der Waals surface area contributed by atoms with E-state index in [1.807, 2.05) is 18.2 Å². The van der Waals surface area contributed by atoms with Crippen LogP contribution >= 0.6 is 0 Å². The van der Waals surface area contributed by atoms with Crippen LogP contribution in [0.2, 0.25) is 0 Å². The van der Waals surface area contributed by atoms with Gasteiger partial charge < -0.3 is 19.7 Å². The summed E-state index contributed by atoms with van der Waals surface area (Å²) >= 11 is 0. The van der Waals surface area contributed by atoms with E-state index in [-0.39, 0.29) is 24.4 Å². The van der Waals surface area contributed by atoms with E-state index in [1.54, 1.807) is 0 Å². The second-order valence-corrected chi connectivity index (χ2v) is 13.0. The van der Waals surface area contributed by atoms with Crippen molar-refractivity contribution in [3.05, 3.63) is 108 Å². The fraction of sp³-hybridized carbons (Fsp3) is 0.400. The lowest BCUT2D eigenvalue weighted by Gasteiger charge is -2.24. The van der Waals surface area contributed by atoms with Gasteiger partial charge in [0.15, 0.2) is 0 Å². The van der Waals surface area contributed by atoms with Crippen molar-refractivity contribution in [2.45, 2.75) is 90.8 Å². The molecule has 0 heterocycles. The van der Waals surface area contributed by atoms with Gasteiger partial charge in [0.1, 0.15) is 13.2 Å². The number of rotatable bonds is 16. The fourth-order valence-electron chi connectivity index (χ4n) is 4.99. The standard InChI is InChI=1S/C40H50O6/c1-9-11-12-13-29-14-16-31(17-15-29)32-18-20-33(21-19-32)36-23-22-34(24-30(36)10-2)35(25-45-37(41)27(3)39(5,6)43)26-46-38(42)28(4)40(7,8)44/h14-24,35,43-44H,3-4,9-13,25-26H2,1-2,5-8H3. The van der Waals surface area contributed by atoms with Crippen molar-refractivity contribution in [1.29, 1.82) is 0 Å². The Morgan fingerprint density at radius 1 is 0.717 bits per heavy atom. The maximum absolute atomic E-state index is 12.6. The predicted octanol–water partition coefficient (Wildman–Crippen LogP) is 8.14. The highest BCUT2D eigenvalue weighted by atomic mass is 16.5. The number of unbranched alkanes of at least 4 members (excludes halogenated alkanes) is 2. The Morgan fingerprint density at radius 2 is 1.20 bits per heavy atom. The molecule has 0 saturated heterocycles. The molecule has 0 saturated carbocycles. The Hall–Kier alpha value is -4.00. The van der Waals surface area contributed by atoms with E-state index in [0.29, 0.717) is 0 Å². The van der Waals surface area contributed by atoms with Gasteiger partial charge in [-0.05, 0) is 85.9 Å². The minimum Gasteiger partial charge on any atom is -0.461 e. The van der Waals surface area contributed by atoms with Crippen LogP contribution in [0.4, 0.5) is 0 Å². The molecule has 0 aromatic heterocycles. The summed E-state index contributed by atoms with van der Waals surface area (Å²) < 4.78 is 11.0. The number of carbonyl (C=O) groups is 2. The van der Waals surface area contributed by atoms with Crippen molar-refractivity contribution in [2.24, 2.45) is 0 Å². The monoisotopic (exact) mass is 626 g/mol. The van der Waals surface area contributed by atoms with Gasteiger partial charge in [0.25, 0.3) is 0 Å².